The molecule has 6 heteroatoms. The molecular formula is C20H25ClN4O. The van der Waals surface area contributed by atoms with E-state index in [9.17, 15) is 4.79 Å². The highest BCUT2D eigenvalue weighted by Gasteiger charge is 2.33. The number of piperidine rings is 1. The van der Waals surface area contributed by atoms with Gasteiger partial charge in [-0.15, -0.1) is 0 Å². The molecule has 2 aliphatic heterocycles. The number of carbonyl (C=O) groups is 1. The van der Waals surface area contributed by atoms with E-state index in [1.807, 2.05) is 17.0 Å². The highest BCUT2D eigenvalue weighted by Crippen LogP contribution is 2.32. The maximum absolute atomic E-state index is 12.4. The van der Waals surface area contributed by atoms with E-state index >= 15 is 0 Å². The molecule has 0 radical (unpaired) electrons. The second-order valence-electron chi connectivity index (χ2n) is 7.53. The topological polar surface area (TPSA) is 52.2 Å². The van der Waals surface area contributed by atoms with E-state index in [1.165, 1.54) is 25.1 Å². The zero-order valence-corrected chi connectivity index (χ0v) is 15.7. The molecule has 1 aromatic heterocycles. The predicted octanol–water partition coefficient (Wildman–Crippen LogP) is 3.44. The minimum atomic E-state index is 0.105. The second-order valence-corrected chi connectivity index (χ2v) is 7.96. The molecular weight excluding hydrogens is 348 g/mol. The lowest BCUT2D eigenvalue weighted by molar-refractivity contribution is 0.0659. The van der Waals surface area contributed by atoms with E-state index in [0.717, 1.165) is 49.3 Å². The molecule has 0 spiro atoms. The first-order chi connectivity index (χ1) is 12.7. The van der Waals surface area contributed by atoms with Crippen molar-refractivity contribution < 1.29 is 4.79 Å². The highest BCUT2D eigenvalue weighted by molar-refractivity contribution is 6.30. The second kappa shape index (κ2) is 7.80. The molecule has 26 heavy (non-hydrogen) atoms. The number of benzene rings is 1. The van der Waals surface area contributed by atoms with E-state index in [-0.39, 0.29) is 5.91 Å². The van der Waals surface area contributed by atoms with Crippen LogP contribution < -0.4 is 0 Å². The number of nitrogens with one attached hydrogen (secondary N) is 1. The molecule has 0 bridgehead atoms. The van der Waals surface area contributed by atoms with Crippen molar-refractivity contribution in [2.24, 2.45) is 11.8 Å². The van der Waals surface area contributed by atoms with Crippen LogP contribution in [0.3, 0.4) is 0 Å². The number of hydrogen-bond acceptors (Lipinski definition) is 3. The average Bonchev–Trinajstić information content (AvgIpc) is 3.35. The number of rotatable bonds is 4. The summed E-state index contributed by atoms with van der Waals surface area (Å²) in [5.74, 6) is 1.60. The lowest BCUT2D eigenvalue weighted by Crippen LogP contribution is -2.40. The molecule has 5 nitrogen and oxygen atoms in total. The van der Waals surface area contributed by atoms with Gasteiger partial charge in [0.1, 0.15) is 0 Å². The van der Waals surface area contributed by atoms with Crippen molar-refractivity contribution >= 4 is 17.5 Å². The van der Waals surface area contributed by atoms with Crippen LogP contribution in [0.4, 0.5) is 0 Å². The third kappa shape index (κ3) is 3.94. The molecule has 1 amide bonds. The van der Waals surface area contributed by atoms with Gasteiger partial charge >= 0.3 is 0 Å². The van der Waals surface area contributed by atoms with Crippen molar-refractivity contribution in [2.45, 2.75) is 25.8 Å². The SMILES string of the molecule is O=C(c1cn[nH]c1)N1CCC([C@@H]2CCN(Cc3ccc(Cl)cc3)C2)CC1. The van der Waals surface area contributed by atoms with Crippen LogP contribution in [-0.4, -0.2) is 52.1 Å². The normalized spacial score (nSPS) is 22.0. The third-order valence-electron chi connectivity index (χ3n) is 5.87. The minimum Gasteiger partial charge on any atom is -0.339 e. The first-order valence-electron chi connectivity index (χ1n) is 9.44. The summed E-state index contributed by atoms with van der Waals surface area (Å²) in [4.78, 5) is 16.9. The Hall–Kier alpha value is -1.85. The lowest BCUT2D eigenvalue weighted by atomic mass is 9.83. The fourth-order valence-electron chi connectivity index (χ4n) is 4.36. The molecule has 0 aliphatic carbocycles. The largest absolute Gasteiger partial charge is 0.339 e. The molecule has 2 saturated heterocycles. The Labute approximate surface area is 159 Å². The van der Waals surface area contributed by atoms with E-state index in [4.69, 9.17) is 11.6 Å². The van der Waals surface area contributed by atoms with Gasteiger partial charge in [-0.2, -0.15) is 5.10 Å². The molecule has 0 unspecified atom stereocenters. The molecule has 4 rings (SSSR count). The van der Waals surface area contributed by atoms with Crippen molar-refractivity contribution in [1.82, 2.24) is 20.0 Å². The van der Waals surface area contributed by atoms with Crippen LogP contribution in [0.1, 0.15) is 35.2 Å². The Balaban J connectivity index is 1.26. The van der Waals surface area contributed by atoms with E-state index < -0.39 is 0 Å². The fraction of sp³-hybridized carbons (Fsp3) is 0.500. The van der Waals surface area contributed by atoms with Gasteiger partial charge in [-0.25, -0.2) is 0 Å². The van der Waals surface area contributed by atoms with Gasteiger partial charge < -0.3 is 4.90 Å². The van der Waals surface area contributed by atoms with Gasteiger partial charge in [-0.3, -0.25) is 14.8 Å². The number of aromatic amines is 1. The summed E-state index contributed by atoms with van der Waals surface area (Å²) in [5, 5.41) is 7.40. The molecule has 2 fully saturated rings. The Morgan fingerprint density at radius 1 is 1.12 bits per heavy atom. The van der Waals surface area contributed by atoms with Gasteiger partial charge in [0.05, 0.1) is 11.8 Å². The van der Waals surface area contributed by atoms with E-state index in [1.54, 1.807) is 12.4 Å². The zero-order chi connectivity index (χ0) is 17.9. The summed E-state index contributed by atoms with van der Waals surface area (Å²) >= 11 is 5.97. The number of halogens is 1. The van der Waals surface area contributed by atoms with Crippen LogP contribution in [-0.2, 0) is 6.54 Å². The van der Waals surface area contributed by atoms with Crippen molar-refractivity contribution in [2.75, 3.05) is 26.2 Å². The number of aromatic nitrogens is 2. The van der Waals surface area contributed by atoms with Gasteiger partial charge in [0.2, 0.25) is 0 Å². The fourth-order valence-corrected chi connectivity index (χ4v) is 4.49. The minimum absolute atomic E-state index is 0.105. The van der Waals surface area contributed by atoms with Crippen LogP contribution in [0.15, 0.2) is 36.7 Å². The standard InChI is InChI=1S/C20H25ClN4O/c21-19-3-1-15(2-4-19)13-24-8-5-17(14-24)16-6-9-25(10-7-16)20(26)18-11-22-23-12-18/h1-4,11-12,16-17H,5-10,13-14H2,(H,22,23)/t17-/m1/s1. The van der Waals surface area contributed by atoms with Crippen LogP contribution >= 0.6 is 11.6 Å². The van der Waals surface area contributed by atoms with Crippen LogP contribution in [0.5, 0.6) is 0 Å². The van der Waals surface area contributed by atoms with Crippen LogP contribution in [0.25, 0.3) is 0 Å². The number of likely N-dealkylation sites (tertiary alicyclic amines) is 2. The number of amides is 1. The van der Waals surface area contributed by atoms with Crippen LogP contribution in [0, 0.1) is 11.8 Å². The average molecular weight is 373 g/mol. The number of carbonyl (C=O) groups excluding carboxylic acids is 1. The monoisotopic (exact) mass is 372 g/mol. The molecule has 1 N–H and O–H groups in total. The smallest absolute Gasteiger partial charge is 0.257 e. The maximum atomic E-state index is 12.4. The summed E-state index contributed by atoms with van der Waals surface area (Å²) < 4.78 is 0. The molecule has 2 aliphatic rings. The Bertz CT molecular complexity index is 723. The summed E-state index contributed by atoms with van der Waals surface area (Å²) in [6.45, 7) is 5.07. The first kappa shape index (κ1) is 17.6. The van der Waals surface area contributed by atoms with Crippen molar-refractivity contribution in [1.29, 1.82) is 0 Å². The summed E-state index contributed by atoms with van der Waals surface area (Å²) in [6, 6.07) is 8.18. The van der Waals surface area contributed by atoms with Gasteiger partial charge in [0.15, 0.2) is 0 Å². The Morgan fingerprint density at radius 2 is 1.85 bits per heavy atom. The number of hydrogen-bond donors (Lipinski definition) is 1. The molecule has 3 heterocycles. The summed E-state index contributed by atoms with van der Waals surface area (Å²) in [6.07, 6.45) is 6.79. The van der Waals surface area contributed by atoms with Gasteiger partial charge in [-0.05, 0) is 55.3 Å². The van der Waals surface area contributed by atoms with E-state index in [2.05, 4.69) is 27.2 Å². The summed E-state index contributed by atoms with van der Waals surface area (Å²) in [5.41, 5.74) is 1.99. The molecule has 1 atom stereocenters. The molecule has 1 aromatic carbocycles. The van der Waals surface area contributed by atoms with E-state index in [0.29, 0.717) is 5.56 Å². The molecule has 2 aromatic rings. The van der Waals surface area contributed by atoms with Crippen molar-refractivity contribution in [3.63, 3.8) is 0 Å². The Morgan fingerprint density at radius 3 is 2.54 bits per heavy atom. The Kier molecular flexibility index (Phi) is 5.27. The van der Waals surface area contributed by atoms with Crippen molar-refractivity contribution in [3.05, 3.63) is 52.8 Å². The molecule has 138 valence electrons. The quantitative estimate of drug-likeness (QED) is 0.894. The molecule has 0 saturated carbocycles. The highest BCUT2D eigenvalue weighted by atomic mass is 35.5. The van der Waals surface area contributed by atoms with Gasteiger partial charge in [0.25, 0.3) is 5.91 Å². The predicted molar refractivity (Wildman–Crippen MR) is 102 cm³/mol. The number of H-pyrrole nitrogens is 1. The third-order valence-corrected chi connectivity index (χ3v) is 6.12. The summed E-state index contributed by atoms with van der Waals surface area (Å²) in [7, 11) is 0. The lowest BCUT2D eigenvalue weighted by Gasteiger charge is -2.34. The first-order valence-corrected chi connectivity index (χ1v) is 9.81. The van der Waals surface area contributed by atoms with Gasteiger partial charge in [0, 0.05) is 37.4 Å². The zero-order valence-electron chi connectivity index (χ0n) is 14.9. The maximum Gasteiger partial charge on any atom is 0.257 e. The van der Waals surface area contributed by atoms with Crippen molar-refractivity contribution in [3.8, 4) is 0 Å². The van der Waals surface area contributed by atoms with Crippen LogP contribution in [0.2, 0.25) is 5.02 Å². The van der Waals surface area contributed by atoms with Gasteiger partial charge in [-0.1, -0.05) is 23.7 Å². The number of nitrogens with zero attached hydrogens (tertiary/aromatic N) is 3.